The highest BCUT2D eigenvalue weighted by Gasteiger charge is 2.41. The highest BCUT2D eigenvalue weighted by atomic mass is 16.2. The summed E-state index contributed by atoms with van der Waals surface area (Å²) < 4.78 is 1.99. The zero-order valence-electron chi connectivity index (χ0n) is 13.6. The number of likely N-dealkylation sites (N-methyl/N-ethyl adjacent to an activating group) is 1. The van der Waals surface area contributed by atoms with Gasteiger partial charge < -0.3 is 14.4 Å². The van der Waals surface area contributed by atoms with Gasteiger partial charge in [0.2, 0.25) is 11.7 Å². The first-order valence-corrected chi connectivity index (χ1v) is 8.63. The van der Waals surface area contributed by atoms with E-state index in [0.717, 1.165) is 44.5 Å². The summed E-state index contributed by atoms with van der Waals surface area (Å²) in [5, 5.41) is 8.40. The van der Waals surface area contributed by atoms with Crippen LogP contribution >= 0.6 is 0 Å². The number of hydrogen-bond acceptors (Lipinski definition) is 4. The molecule has 1 aromatic heterocycles. The van der Waals surface area contributed by atoms with Gasteiger partial charge in [-0.1, -0.05) is 6.42 Å². The highest BCUT2D eigenvalue weighted by molar-refractivity contribution is 5.92. The molecule has 0 aromatic carbocycles. The minimum absolute atomic E-state index is 0.0609. The number of rotatable bonds is 1. The van der Waals surface area contributed by atoms with Gasteiger partial charge in [-0.2, -0.15) is 0 Å². The Kier molecular flexibility index (Phi) is 3.58. The quantitative estimate of drug-likeness (QED) is 0.764. The average molecular weight is 317 g/mol. The van der Waals surface area contributed by atoms with Gasteiger partial charge in [0.1, 0.15) is 5.82 Å². The molecule has 7 heteroatoms. The number of carbonyl (C=O) groups excluding carboxylic acids is 2. The zero-order chi connectivity index (χ0) is 16.0. The fourth-order valence-electron chi connectivity index (χ4n) is 4.11. The molecule has 0 radical (unpaired) electrons. The molecule has 1 aromatic rings. The fraction of sp³-hybridized carbons (Fsp3) is 0.750. The van der Waals surface area contributed by atoms with E-state index in [0.29, 0.717) is 18.9 Å². The third kappa shape index (κ3) is 2.42. The Balaban J connectivity index is 1.60. The molecule has 0 saturated carbocycles. The van der Waals surface area contributed by atoms with E-state index >= 15 is 0 Å². The van der Waals surface area contributed by atoms with E-state index < -0.39 is 0 Å². The van der Waals surface area contributed by atoms with Crippen LogP contribution in [-0.2, 0) is 17.8 Å². The Labute approximate surface area is 135 Å². The number of aryl methyl sites for hydroxylation is 1. The molecule has 0 aliphatic carbocycles. The molecule has 0 N–H and O–H groups in total. The summed E-state index contributed by atoms with van der Waals surface area (Å²) in [4.78, 5) is 28.9. The molecule has 2 bridgehead atoms. The second kappa shape index (κ2) is 5.62. The third-order valence-electron chi connectivity index (χ3n) is 5.55. The van der Waals surface area contributed by atoms with E-state index in [1.54, 1.807) is 0 Å². The number of nitrogens with zero attached hydrogens (tertiary/aromatic N) is 5. The molecule has 23 heavy (non-hydrogen) atoms. The first kappa shape index (κ1) is 14.7. The smallest absolute Gasteiger partial charge is 0.291 e. The number of aromatic nitrogens is 3. The van der Waals surface area contributed by atoms with Crippen molar-refractivity contribution in [3.05, 3.63) is 11.6 Å². The van der Waals surface area contributed by atoms with Crippen molar-refractivity contribution in [3.8, 4) is 0 Å². The molecule has 2 amide bonds. The lowest BCUT2D eigenvalue weighted by molar-refractivity contribution is -0.138. The van der Waals surface area contributed by atoms with E-state index in [9.17, 15) is 9.59 Å². The molecule has 0 spiro atoms. The van der Waals surface area contributed by atoms with Crippen LogP contribution in [-0.4, -0.2) is 62.6 Å². The molecule has 7 nitrogen and oxygen atoms in total. The maximum atomic E-state index is 13.0. The normalized spacial score (nSPS) is 27.6. The molecule has 3 fully saturated rings. The standard InChI is InChI=1S/C16H23N5O2/c1-19-12-7-6-11(15(19)22)9-20(10-12)16(23)14-18-17-13-5-3-2-4-8-21(13)14/h11-12H,2-10H2,1H3/t11-,12+/m0/s1. The first-order chi connectivity index (χ1) is 11.1. The van der Waals surface area contributed by atoms with Crippen LogP contribution in [0, 0.1) is 5.92 Å². The van der Waals surface area contributed by atoms with E-state index in [1.807, 2.05) is 21.4 Å². The van der Waals surface area contributed by atoms with Crippen LogP contribution in [0.3, 0.4) is 0 Å². The first-order valence-electron chi connectivity index (χ1n) is 8.63. The summed E-state index contributed by atoms with van der Waals surface area (Å²) >= 11 is 0. The van der Waals surface area contributed by atoms with E-state index in [4.69, 9.17) is 0 Å². The van der Waals surface area contributed by atoms with E-state index in [1.165, 1.54) is 6.42 Å². The summed E-state index contributed by atoms with van der Waals surface area (Å²) in [6.07, 6.45) is 6.11. The Morgan fingerprint density at radius 1 is 1.13 bits per heavy atom. The van der Waals surface area contributed by atoms with Gasteiger partial charge in [-0.25, -0.2) is 0 Å². The number of amides is 2. The van der Waals surface area contributed by atoms with Gasteiger partial charge in [0, 0.05) is 39.1 Å². The maximum absolute atomic E-state index is 13.0. The minimum Gasteiger partial charge on any atom is -0.341 e. The molecule has 5 heterocycles. The predicted molar refractivity (Wildman–Crippen MR) is 82.8 cm³/mol. The highest BCUT2D eigenvalue weighted by Crippen LogP contribution is 2.28. The van der Waals surface area contributed by atoms with Gasteiger partial charge in [0.25, 0.3) is 5.91 Å². The summed E-state index contributed by atoms with van der Waals surface area (Å²) in [7, 11) is 1.86. The van der Waals surface area contributed by atoms with Crippen LogP contribution in [0.15, 0.2) is 0 Å². The molecular formula is C16H23N5O2. The van der Waals surface area contributed by atoms with Crippen molar-refractivity contribution in [3.63, 3.8) is 0 Å². The van der Waals surface area contributed by atoms with E-state index in [-0.39, 0.29) is 23.8 Å². The van der Waals surface area contributed by atoms with Crippen LogP contribution in [0.4, 0.5) is 0 Å². The zero-order valence-corrected chi connectivity index (χ0v) is 13.6. The molecule has 124 valence electrons. The van der Waals surface area contributed by atoms with Gasteiger partial charge >= 0.3 is 0 Å². The molecule has 0 unspecified atom stereocenters. The number of fused-ring (bicyclic) bond motifs is 5. The average Bonchev–Trinajstić information content (AvgIpc) is 2.74. The van der Waals surface area contributed by atoms with Crippen molar-refractivity contribution in [1.82, 2.24) is 24.6 Å². The van der Waals surface area contributed by atoms with Gasteiger partial charge in [0.15, 0.2) is 0 Å². The van der Waals surface area contributed by atoms with Crippen molar-refractivity contribution >= 4 is 11.8 Å². The molecule has 2 atom stereocenters. The Bertz CT molecular complexity index is 640. The Morgan fingerprint density at radius 3 is 2.87 bits per heavy atom. The van der Waals surface area contributed by atoms with Gasteiger partial charge in [-0.05, 0) is 25.7 Å². The van der Waals surface area contributed by atoms with Crippen LogP contribution in [0.1, 0.15) is 48.5 Å². The summed E-state index contributed by atoms with van der Waals surface area (Å²) in [5.74, 6) is 1.44. The van der Waals surface area contributed by atoms with Crippen LogP contribution in [0.25, 0.3) is 0 Å². The lowest BCUT2D eigenvalue weighted by atomic mass is 9.95. The second-order valence-corrected chi connectivity index (χ2v) is 6.99. The molecule has 4 aliphatic rings. The predicted octanol–water partition coefficient (Wildman–Crippen LogP) is 0.697. The summed E-state index contributed by atoms with van der Waals surface area (Å²) in [6, 6.07) is 0.136. The molecule has 4 aliphatic heterocycles. The SMILES string of the molecule is CN1C(=O)[C@H]2CC[C@@H]1CN(C(=O)c1nnc3n1CCCCC3)C2. The lowest BCUT2D eigenvalue weighted by Crippen LogP contribution is -2.45. The monoisotopic (exact) mass is 317 g/mol. The Hall–Kier alpha value is -1.92. The van der Waals surface area contributed by atoms with Crippen molar-refractivity contribution in [2.75, 3.05) is 20.1 Å². The van der Waals surface area contributed by atoms with Crippen LogP contribution < -0.4 is 0 Å². The fourth-order valence-corrected chi connectivity index (χ4v) is 4.11. The number of carbonyl (C=O) groups is 2. The van der Waals surface area contributed by atoms with Gasteiger partial charge in [-0.15, -0.1) is 10.2 Å². The van der Waals surface area contributed by atoms with Crippen molar-refractivity contribution < 1.29 is 9.59 Å². The second-order valence-electron chi connectivity index (χ2n) is 6.99. The largest absolute Gasteiger partial charge is 0.341 e. The van der Waals surface area contributed by atoms with Crippen molar-refractivity contribution in [1.29, 1.82) is 0 Å². The maximum Gasteiger partial charge on any atom is 0.291 e. The third-order valence-corrected chi connectivity index (χ3v) is 5.55. The number of hydrogen-bond donors (Lipinski definition) is 0. The van der Waals surface area contributed by atoms with Crippen molar-refractivity contribution in [2.45, 2.75) is 51.1 Å². The van der Waals surface area contributed by atoms with Crippen LogP contribution in [0.5, 0.6) is 0 Å². The lowest BCUT2D eigenvalue weighted by Gasteiger charge is -2.32. The molecular weight excluding hydrogens is 294 g/mol. The van der Waals surface area contributed by atoms with E-state index in [2.05, 4.69) is 10.2 Å². The van der Waals surface area contributed by atoms with Gasteiger partial charge in [-0.3, -0.25) is 9.59 Å². The summed E-state index contributed by atoms with van der Waals surface area (Å²) in [5.41, 5.74) is 0. The summed E-state index contributed by atoms with van der Waals surface area (Å²) in [6.45, 7) is 1.95. The van der Waals surface area contributed by atoms with Crippen LogP contribution in [0.2, 0.25) is 0 Å². The minimum atomic E-state index is -0.0642. The Morgan fingerprint density at radius 2 is 2.00 bits per heavy atom. The van der Waals surface area contributed by atoms with Gasteiger partial charge in [0.05, 0.1) is 5.92 Å². The number of piperidine rings is 1. The molecule has 5 rings (SSSR count). The molecule has 3 saturated heterocycles. The topological polar surface area (TPSA) is 71.3 Å². The van der Waals surface area contributed by atoms with Crippen molar-refractivity contribution in [2.24, 2.45) is 5.92 Å².